The zero-order valence-corrected chi connectivity index (χ0v) is 23.8. The lowest BCUT2D eigenvalue weighted by molar-refractivity contribution is -0.114. The molecule has 2 saturated carbocycles. The summed E-state index contributed by atoms with van der Waals surface area (Å²) in [5.74, 6) is 5.71. The standard InChI is InChI=1S/C35H37F2NO2/c1-33(2,3)13-14-35(40)12-9-29-25-7-5-22-17-23(39)6-8-24(22)32(25)28(20-34(29,35)4)27-19-30(36)26(18-31(27)37)21-10-15-38-16-11-21/h10-11,15-19,25,28-29,40H,5-9,12,20H2,1-4H3/t25-,28+,29-,34-,35+/m0/s1. The summed E-state index contributed by atoms with van der Waals surface area (Å²) in [5, 5.41) is 12.1. The predicted molar refractivity (Wildman–Crippen MR) is 152 cm³/mol. The molecule has 1 N–H and O–H groups in total. The number of nitrogens with zero attached hydrogens (tertiary/aromatic N) is 1. The van der Waals surface area contributed by atoms with Gasteiger partial charge in [-0.2, -0.15) is 0 Å². The van der Waals surface area contributed by atoms with Gasteiger partial charge in [-0.1, -0.05) is 24.3 Å². The number of aliphatic hydroxyl groups is 1. The van der Waals surface area contributed by atoms with Gasteiger partial charge in [-0.3, -0.25) is 9.78 Å². The lowest BCUT2D eigenvalue weighted by atomic mass is 9.51. The summed E-state index contributed by atoms with van der Waals surface area (Å²) in [5.41, 5.74) is 2.45. The van der Waals surface area contributed by atoms with Gasteiger partial charge in [0, 0.05) is 41.1 Å². The van der Waals surface area contributed by atoms with E-state index in [2.05, 4.69) is 23.7 Å². The van der Waals surface area contributed by atoms with Gasteiger partial charge in [-0.25, -0.2) is 8.78 Å². The summed E-state index contributed by atoms with van der Waals surface area (Å²) in [4.78, 5) is 16.3. The topological polar surface area (TPSA) is 50.2 Å². The van der Waals surface area contributed by atoms with Crippen molar-refractivity contribution < 1.29 is 18.7 Å². The summed E-state index contributed by atoms with van der Waals surface area (Å²) >= 11 is 0. The Balaban J connectivity index is 1.53. The second kappa shape index (κ2) is 9.48. The molecule has 0 spiro atoms. The van der Waals surface area contributed by atoms with Crippen LogP contribution in [0.25, 0.3) is 11.1 Å². The van der Waals surface area contributed by atoms with Crippen molar-refractivity contribution in [2.45, 2.75) is 84.2 Å². The zero-order valence-electron chi connectivity index (χ0n) is 23.8. The lowest BCUT2D eigenvalue weighted by Crippen LogP contribution is -2.51. The highest BCUT2D eigenvalue weighted by atomic mass is 19.1. The Morgan fingerprint density at radius 3 is 2.52 bits per heavy atom. The van der Waals surface area contributed by atoms with Gasteiger partial charge in [-0.05, 0) is 124 Å². The molecule has 3 nitrogen and oxygen atoms in total. The first-order valence-corrected chi connectivity index (χ1v) is 14.5. The van der Waals surface area contributed by atoms with Crippen molar-refractivity contribution in [2.75, 3.05) is 0 Å². The van der Waals surface area contributed by atoms with Crippen LogP contribution in [0.15, 0.2) is 59.5 Å². The van der Waals surface area contributed by atoms with Crippen LogP contribution in [0.3, 0.4) is 0 Å². The molecule has 5 atom stereocenters. The Labute approximate surface area is 235 Å². The summed E-state index contributed by atoms with van der Waals surface area (Å²) in [6.07, 6.45) is 9.54. The van der Waals surface area contributed by atoms with E-state index in [1.54, 1.807) is 30.6 Å². The smallest absolute Gasteiger partial charge is 0.156 e. The van der Waals surface area contributed by atoms with Crippen LogP contribution in [-0.4, -0.2) is 21.5 Å². The summed E-state index contributed by atoms with van der Waals surface area (Å²) in [6, 6.07) is 6.02. The molecule has 4 aliphatic carbocycles. The van der Waals surface area contributed by atoms with E-state index in [4.69, 9.17) is 0 Å². The Morgan fingerprint density at radius 2 is 1.80 bits per heavy atom. The van der Waals surface area contributed by atoms with Gasteiger partial charge >= 0.3 is 0 Å². The van der Waals surface area contributed by atoms with Crippen LogP contribution in [0.1, 0.15) is 84.1 Å². The van der Waals surface area contributed by atoms with E-state index in [1.165, 1.54) is 12.1 Å². The summed E-state index contributed by atoms with van der Waals surface area (Å²) < 4.78 is 31.9. The van der Waals surface area contributed by atoms with E-state index in [9.17, 15) is 9.90 Å². The molecule has 1 heterocycles. The second-order valence-electron chi connectivity index (χ2n) is 13.5. The van der Waals surface area contributed by atoms with Gasteiger partial charge < -0.3 is 5.11 Å². The Bertz CT molecular complexity index is 1510. The quantitative estimate of drug-likeness (QED) is 0.396. The van der Waals surface area contributed by atoms with Crippen molar-refractivity contribution in [3.05, 3.63) is 76.7 Å². The zero-order chi connectivity index (χ0) is 28.4. The van der Waals surface area contributed by atoms with E-state index in [0.717, 1.165) is 36.0 Å². The number of hydrogen-bond donors (Lipinski definition) is 1. The molecule has 0 saturated heterocycles. The fraction of sp³-hybridized carbons (Fsp3) is 0.486. The second-order valence-corrected chi connectivity index (χ2v) is 13.5. The molecule has 2 fully saturated rings. The minimum Gasteiger partial charge on any atom is -0.377 e. The van der Waals surface area contributed by atoms with Crippen LogP contribution in [0.5, 0.6) is 0 Å². The molecule has 4 aliphatic rings. The van der Waals surface area contributed by atoms with Crippen LogP contribution in [-0.2, 0) is 4.79 Å². The van der Waals surface area contributed by atoms with Crippen LogP contribution in [0.2, 0.25) is 0 Å². The molecule has 5 heteroatoms. The number of ketones is 1. The number of carbonyl (C=O) groups is 1. The lowest BCUT2D eigenvalue weighted by Gasteiger charge is -2.53. The van der Waals surface area contributed by atoms with Crippen LogP contribution >= 0.6 is 0 Å². The number of carbonyl (C=O) groups excluding carboxylic acids is 1. The number of fused-ring (bicyclic) bond motifs is 4. The highest BCUT2D eigenvalue weighted by Gasteiger charge is 2.62. The molecular formula is C35H37F2NO2. The van der Waals surface area contributed by atoms with Crippen molar-refractivity contribution in [1.29, 1.82) is 0 Å². The Morgan fingerprint density at radius 1 is 1.05 bits per heavy atom. The van der Waals surface area contributed by atoms with Gasteiger partial charge in [0.1, 0.15) is 17.2 Å². The third kappa shape index (κ3) is 4.36. The van der Waals surface area contributed by atoms with Gasteiger partial charge in [0.25, 0.3) is 0 Å². The summed E-state index contributed by atoms with van der Waals surface area (Å²) in [6.45, 7) is 8.22. The van der Waals surface area contributed by atoms with E-state index < -0.39 is 28.6 Å². The molecular weight excluding hydrogens is 504 g/mol. The van der Waals surface area contributed by atoms with Gasteiger partial charge in [-0.15, -0.1) is 0 Å². The van der Waals surface area contributed by atoms with E-state index in [0.29, 0.717) is 36.8 Å². The van der Waals surface area contributed by atoms with Crippen molar-refractivity contribution in [3.63, 3.8) is 0 Å². The van der Waals surface area contributed by atoms with Gasteiger partial charge in [0.05, 0.1) is 0 Å². The molecule has 0 aliphatic heterocycles. The molecule has 0 radical (unpaired) electrons. The maximum absolute atomic E-state index is 16.1. The van der Waals surface area contributed by atoms with Crippen molar-refractivity contribution >= 4 is 5.78 Å². The van der Waals surface area contributed by atoms with Crippen molar-refractivity contribution in [3.8, 4) is 23.0 Å². The largest absolute Gasteiger partial charge is 0.377 e. The monoisotopic (exact) mass is 541 g/mol. The fourth-order valence-corrected chi connectivity index (χ4v) is 8.02. The van der Waals surface area contributed by atoms with Crippen molar-refractivity contribution in [1.82, 2.24) is 4.98 Å². The predicted octanol–water partition coefficient (Wildman–Crippen LogP) is 7.71. The number of halogens is 2. The Hall–Kier alpha value is -3.10. The minimum absolute atomic E-state index is 0.136. The number of pyridine rings is 1. The molecule has 0 bridgehead atoms. The number of hydrogen-bond acceptors (Lipinski definition) is 3. The van der Waals surface area contributed by atoms with E-state index >= 15 is 8.78 Å². The minimum atomic E-state index is -1.20. The maximum Gasteiger partial charge on any atom is 0.156 e. The van der Waals surface area contributed by atoms with Crippen LogP contribution < -0.4 is 0 Å². The molecule has 1 aromatic carbocycles. The van der Waals surface area contributed by atoms with Gasteiger partial charge in [0.2, 0.25) is 0 Å². The molecule has 208 valence electrons. The first kappa shape index (κ1) is 27.1. The van der Waals surface area contributed by atoms with E-state index in [1.807, 2.05) is 20.8 Å². The molecule has 6 rings (SSSR count). The SMILES string of the molecule is CC(C)(C)C#C[C@]1(O)CC[C@H]2[C@@H]3CCC4=CC(=O)CCC4=C3[C@@H](c3cc(F)c(-c4ccncc4)cc3F)C[C@@]21C. The van der Waals surface area contributed by atoms with Gasteiger partial charge in [0.15, 0.2) is 5.78 Å². The highest BCUT2D eigenvalue weighted by molar-refractivity contribution is 5.93. The number of aromatic nitrogens is 1. The number of allylic oxidation sites excluding steroid dienone is 4. The number of benzene rings is 1. The normalized spacial score (nSPS) is 31.5. The van der Waals surface area contributed by atoms with E-state index in [-0.39, 0.29) is 28.6 Å². The maximum atomic E-state index is 16.1. The Kier molecular flexibility index (Phi) is 6.42. The van der Waals surface area contributed by atoms with Crippen LogP contribution in [0, 0.1) is 46.1 Å². The molecule has 40 heavy (non-hydrogen) atoms. The fourth-order valence-electron chi connectivity index (χ4n) is 8.02. The third-order valence-corrected chi connectivity index (χ3v) is 9.98. The number of rotatable bonds is 2. The average Bonchev–Trinajstić information content (AvgIpc) is 3.18. The summed E-state index contributed by atoms with van der Waals surface area (Å²) in [7, 11) is 0. The molecule has 2 aromatic rings. The van der Waals surface area contributed by atoms with Crippen molar-refractivity contribution in [2.24, 2.45) is 22.7 Å². The highest BCUT2D eigenvalue weighted by Crippen LogP contribution is 2.66. The van der Waals surface area contributed by atoms with Crippen LogP contribution in [0.4, 0.5) is 8.78 Å². The first-order valence-electron chi connectivity index (χ1n) is 14.5. The molecule has 0 amide bonds. The molecule has 0 unspecified atom stereocenters. The molecule has 1 aromatic heterocycles. The average molecular weight is 542 g/mol. The third-order valence-electron chi connectivity index (χ3n) is 9.98. The first-order chi connectivity index (χ1) is 18.9.